The van der Waals surface area contributed by atoms with Crippen LogP contribution in [0.4, 0.5) is 0 Å². The molecule has 0 aromatic heterocycles. The Morgan fingerprint density at radius 2 is 1.81 bits per heavy atom. The lowest BCUT2D eigenvalue weighted by Crippen LogP contribution is -2.46. The second-order valence-electron chi connectivity index (χ2n) is 9.01. The Hall–Kier alpha value is -2.21. The largest absolute Gasteiger partial charge is 0.466 e. The van der Waals surface area contributed by atoms with Crippen molar-refractivity contribution in [2.45, 2.75) is 71.1 Å². The van der Waals surface area contributed by atoms with E-state index in [1.54, 1.807) is 6.08 Å². The van der Waals surface area contributed by atoms with Crippen molar-refractivity contribution < 1.29 is 24.1 Å². The van der Waals surface area contributed by atoms with E-state index in [0.717, 1.165) is 5.56 Å². The van der Waals surface area contributed by atoms with Gasteiger partial charge in [-0.1, -0.05) is 81.5 Å². The number of allylic oxidation sites excluding steroid dienone is 2. The molecule has 1 aromatic rings. The molecule has 1 aliphatic heterocycles. The fourth-order valence-electron chi connectivity index (χ4n) is 3.91. The molecule has 1 saturated heterocycles. The summed E-state index contributed by atoms with van der Waals surface area (Å²) in [6, 6.07) is 10.1. The number of carbonyl (C=O) groups is 1. The van der Waals surface area contributed by atoms with Crippen molar-refractivity contribution in [2.75, 3.05) is 7.11 Å². The van der Waals surface area contributed by atoms with E-state index in [0.29, 0.717) is 6.42 Å². The summed E-state index contributed by atoms with van der Waals surface area (Å²) in [5.74, 6) is -0.926. The van der Waals surface area contributed by atoms with Crippen LogP contribution in [-0.2, 0) is 19.0 Å². The molecule has 6 atom stereocenters. The number of carbonyl (C=O) groups excluding carboxylic acids is 1. The molecule has 32 heavy (non-hydrogen) atoms. The number of methoxy groups -OCH3 is 1. The number of ether oxygens (including phenoxy) is 3. The lowest BCUT2D eigenvalue weighted by atomic mass is 9.87. The Kier molecular flexibility index (Phi) is 9.88. The highest BCUT2D eigenvalue weighted by atomic mass is 16.7. The Morgan fingerprint density at radius 3 is 2.47 bits per heavy atom. The molecule has 1 heterocycles. The fourth-order valence-corrected chi connectivity index (χ4v) is 3.91. The summed E-state index contributed by atoms with van der Waals surface area (Å²) >= 11 is 0. The molecule has 176 valence electrons. The van der Waals surface area contributed by atoms with Gasteiger partial charge in [0, 0.05) is 30.3 Å². The summed E-state index contributed by atoms with van der Waals surface area (Å²) < 4.78 is 16.8. The molecule has 1 fully saturated rings. The van der Waals surface area contributed by atoms with E-state index in [1.165, 1.54) is 13.2 Å². The minimum atomic E-state index is -0.707. The average molecular weight is 443 g/mol. The maximum Gasteiger partial charge on any atom is 0.330 e. The van der Waals surface area contributed by atoms with Crippen molar-refractivity contribution in [1.82, 2.24) is 0 Å². The second-order valence-corrected chi connectivity index (χ2v) is 9.01. The van der Waals surface area contributed by atoms with E-state index in [1.807, 2.05) is 69.3 Å². The first-order valence-corrected chi connectivity index (χ1v) is 11.3. The van der Waals surface area contributed by atoms with Crippen LogP contribution >= 0.6 is 0 Å². The van der Waals surface area contributed by atoms with Crippen LogP contribution in [0.3, 0.4) is 0 Å². The van der Waals surface area contributed by atoms with Gasteiger partial charge in [0.25, 0.3) is 0 Å². The van der Waals surface area contributed by atoms with Gasteiger partial charge in [-0.2, -0.15) is 0 Å². The van der Waals surface area contributed by atoms with Gasteiger partial charge in [0.05, 0.1) is 25.4 Å². The van der Waals surface area contributed by atoms with Crippen LogP contribution in [0.5, 0.6) is 0 Å². The van der Waals surface area contributed by atoms with Crippen molar-refractivity contribution in [3.05, 3.63) is 72.4 Å². The highest BCUT2D eigenvalue weighted by molar-refractivity contribution is 5.82. The molecule has 0 aliphatic carbocycles. The molecule has 1 N–H and O–H groups in total. The average Bonchev–Trinajstić information content (AvgIpc) is 2.78. The van der Waals surface area contributed by atoms with Crippen LogP contribution in [0.25, 0.3) is 0 Å². The van der Waals surface area contributed by atoms with Gasteiger partial charge < -0.3 is 19.3 Å². The number of aliphatic hydroxyl groups excluding tert-OH is 1. The third kappa shape index (κ3) is 8.05. The summed E-state index contributed by atoms with van der Waals surface area (Å²) in [4.78, 5) is 11.2. The molecule has 5 heteroatoms. The maximum absolute atomic E-state index is 11.2. The summed E-state index contributed by atoms with van der Waals surface area (Å²) in [6.07, 6.45) is 11.1. The van der Waals surface area contributed by atoms with E-state index in [-0.39, 0.29) is 35.9 Å². The molecule has 0 saturated carbocycles. The highest BCUT2D eigenvalue weighted by Crippen LogP contribution is 2.32. The van der Waals surface area contributed by atoms with Gasteiger partial charge in [-0.3, -0.25) is 0 Å². The smallest absolute Gasteiger partial charge is 0.330 e. The predicted octanol–water partition coefficient (Wildman–Crippen LogP) is 5.18. The number of aliphatic hydroxyl groups is 1. The van der Waals surface area contributed by atoms with Crippen LogP contribution in [0.2, 0.25) is 0 Å². The fraction of sp³-hybridized carbons (Fsp3) is 0.519. The monoisotopic (exact) mass is 442 g/mol. The van der Waals surface area contributed by atoms with Crippen LogP contribution in [0.1, 0.15) is 52.5 Å². The first-order valence-electron chi connectivity index (χ1n) is 11.3. The standard InChI is InChI=1S/C27H38O5/c1-19(12-10-11-15-25(28)30-6)24-18-23(31-27(4,5)32-24)17-16-20(2)26(29)21(3)22-13-8-7-9-14-22/h7-17,19-21,23-24,26,29H,18H2,1-6H3/b12-10+,15-11-,17-16-/t19-,20+,21+,23-,24+,26+/m1/s1. The number of rotatable bonds is 9. The van der Waals surface area contributed by atoms with E-state index in [4.69, 9.17) is 9.47 Å². The topological polar surface area (TPSA) is 65.0 Å². The first kappa shape index (κ1) is 26.0. The van der Waals surface area contributed by atoms with Gasteiger partial charge >= 0.3 is 5.97 Å². The minimum Gasteiger partial charge on any atom is -0.466 e. The molecule has 0 radical (unpaired) electrons. The van der Waals surface area contributed by atoms with Gasteiger partial charge in [0.1, 0.15) is 0 Å². The Bertz CT molecular complexity index is 796. The minimum absolute atomic E-state index is 0.0148. The van der Waals surface area contributed by atoms with Crippen LogP contribution in [0.15, 0.2) is 66.8 Å². The second kappa shape index (κ2) is 12.1. The lowest BCUT2D eigenvalue weighted by molar-refractivity contribution is -0.295. The van der Waals surface area contributed by atoms with Gasteiger partial charge in [0.15, 0.2) is 5.79 Å². The zero-order chi connectivity index (χ0) is 23.7. The maximum atomic E-state index is 11.2. The predicted molar refractivity (Wildman–Crippen MR) is 127 cm³/mol. The number of esters is 1. The van der Waals surface area contributed by atoms with E-state index < -0.39 is 11.9 Å². The Balaban J connectivity index is 1.99. The molecule has 0 bridgehead atoms. The normalized spacial score (nSPS) is 25.1. The third-order valence-electron chi connectivity index (χ3n) is 5.89. The molecule has 0 spiro atoms. The van der Waals surface area contributed by atoms with Crippen molar-refractivity contribution >= 4 is 5.97 Å². The Morgan fingerprint density at radius 1 is 1.12 bits per heavy atom. The molecule has 5 nitrogen and oxygen atoms in total. The molecule has 1 aliphatic rings. The molecule has 1 aromatic carbocycles. The van der Waals surface area contributed by atoms with Crippen molar-refractivity contribution in [2.24, 2.45) is 11.8 Å². The summed E-state index contributed by atoms with van der Waals surface area (Å²) in [5.41, 5.74) is 1.13. The van der Waals surface area contributed by atoms with Crippen molar-refractivity contribution in [3.63, 3.8) is 0 Å². The first-order chi connectivity index (χ1) is 15.1. The van der Waals surface area contributed by atoms with Gasteiger partial charge in [-0.15, -0.1) is 0 Å². The quantitative estimate of drug-likeness (QED) is 0.247. The molecule has 2 rings (SSSR count). The van der Waals surface area contributed by atoms with E-state index in [2.05, 4.69) is 24.7 Å². The van der Waals surface area contributed by atoms with Crippen molar-refractivity contribution in [3.8, 4) is 0 Å². The van der Waals surface area contributed by atoms with Gasteiger partial charge in [0.2, 0.25) is 0 Å². The number of hydrogen-bond acceptors (Lipinski definition) is 5. The van der Waals surface area contributed by atoms with Crippen LogP contribution < -0.4 is 0 Å². The zero-order valence-electron chi connectivity index (χ0n) is 20.1. The number of hydrogen-bond donors (Lipinski definition) is 1. The molecular formula is C27H38O5. The third-order valence-corrected chi connectivity index (χ3v) is 5.89. The molecule has 0 amide bonds. The lowest BCUT2D eigenvalue weighted by Gasteiger charge is -2.41. The highest BCUT2D eigenvalue weighted by Gasteiger charge is 2.36. The summed E-state index contributed by atoms with van der Waals surface area (Å²) in [7, 11) is 1.35. The van der Waals surface area contributed by atoms with Gasteiger partial charge in [-0.25, -0.2) is 4.79 Å². The molecular weight excluding hydrogens is 404 g/mol. The SMILES string of the molecule is COC(=O)/C=C\C=C\[C@@H](C)[C@@H]1C[C@@H](/C=C\[C@H](C)[C@H](O)[C@@H](C)c2ccccc2)OC(C)(C)O1. The van der Waals surface area contributed by atoms with Crippen LogP contribution in [0, 0.1) is 11.8 Å². The Labute approximate surface area is 192 Å². The number of benzene rings is 1. The zero-order valence-corrected chi connectivity index (χ0v) is 20.1. The molecule has 0 unspecified atom stereocenters. The summed E-state index contributed by atoms with van der Waals surface area (Å²) in [6.45, 7) is 10.0. The van der Waals surface area contributed by atoms with E-state index >= 15 is 0 Å². The van der Waals surface area contributed by atoms with E-state index in [9.17, 15) is 9.90 Å². The van der Waals surface area contributed by atoms with Crippen LogP contribution in [-0.4, -0.2) is 42.3 Å². The van der Waals surface area contributed by atoms with Gasteiger partial charge in [-0.05, 0) is 19.4 Å². The summed E-state index contributed by atoms with van der Waals surface area (Å²) in [5, 5.41) is 10.8. The van der Waals surface area contributed by atoms with Crippen molar-refractivity contribution in [1.29, 1.82) is 0 Å².